The summed E-state index contributed by atoms with van der Waals surface area (Å²) in [4.78, 5) is 15.0. The van der Waals surface area contributed by atoms with E-state index in [1.54, 1.807) is 42.5 Å². The highest BCUT2D eigenvalue weighted by atomic mass is 19.1. The molecule has 1 fully saturated rings. The number of aryl methyl sites for hydroxylation is 1. The minimum absolute atomic E-state index is 0.230. The zero-order valence-electron chi connectivity index (χ0n) is 17.3. The summed E-state index contributed by atoms with van der Waals surface area (Å²) in [7, 11) is 1.74. The van der Waals surface area contributed by atoms with Crippen LogP contribution in [0.3, 0.4) is 0 Å². The highest BCUT2D eigenvalue weighted by Gasteiger charge is 2.41. The molecule has 1 aliphatic rings. The molecule has 1 aliphatic heterocycles. The maximum atomic E-state index is 15.6. The van der Waals surface area contributed by atoms with Crippen LogP contribution in [0.5, 0.6) is 0 Å². The average molecular weight is 430 g/mol. The summed E-state index contributed by atoms with van der Waals surface area (Å²) in [5, 5.41) is 17.6. The molecule has 32 heavy (non-hydrogen) atoms. The van der Waals surface area contributed by atoms with Gasteiger partial charge in [-0.3, -0.25) is 9.97 Å². The van der Waals surface area contributed by atoms with E-state index in [4.69, 9.17) is 4.42 Å². The lowest BCUT2D eigenvalue weighted by Crippen LogP contribution is -2.42. The molecule has 0 amide bonds. The number of halogens is 1. The molecule has 1 saturated heterocycles. The molecule has 9 nitrogen and oxygen atoms in total. The molecule has 5 heterocycles. The minimum atomic E-state index is -1.57. The fourth-order valence-corrected chi connectivity index (χ4v) is 4.13. The lowest BCUT2D eigenvalue weighted by molar-refractivity contribution is 0.109. The van der Waals surface area contributed by atoms with Crippen LogP contribution in [0.1, 0.15) is 24.2 Å². The van der Waals surface area contributed by atoms with Crippen molar-refractivity contribution < 1.29 is 8.81 Å². The number of alkyl halides is 1. The lowest BCUT2D eigenvalue weighted by Gasteiger charge is -2.37. The number of hydrogen-bond donors (Lipinski definition) is 0. The lowest BCUT2D eigenvalue weighted by atomic mass is 9.91. The van der Waals surface area contributed by atoms with Crippen LogP contribution in [0.2, 0.25) is 0 Å². The van der Waals surface area contributed by atoms with E-state index in [1.165, 1.54) is 12.6 Å². The van der Waals surface area contributed by atoms with Gasteiger partial charge in [0.15, 0.2) is 11.5 Å². The Balaban J connectivity index is 1.50. The maximum Gasteiger partial charge on any atom is 0.227 e. The number of oxazole rings is 1. The zero-order valence-corrected chi connectivity index (χ0v) is 17.3. The number of anilines is 1. The molecule has 10 heteroatoms. The molecule has 0 bridgehead atoms. The Morgan fingerprint density at radius 1 is 1.16 bits per heavy atom. The summed E-state index contributed by atoms with van der Waals surface area (Å²) >= 11 is 0. The van der Waals surface area contributed by atoms with E-state index in [0.717, 1.165) is 5.56 Å². The van der Waals surface area contributed by atoms with Crippen molar-refractivity contribution in [3.05, 3.63) is 60.9 Å². The molecule has 0 spiro atoms. The van der Waals surface area contributed by atoms with Gasteiger partial charge in [0.1, 0.15) is 18.7 Å². The molecule has 160 valence electrons. The highest BCUT2D eigenvalue weighted by Crippen LogP contribution is 2.40. The molecule has 0 radical (unpaired) electrons. The Morgan fingerprint density at radius 3 is 2.66 bits per heavy atom. The zero-order chi connectivity index (χ0) is 22.1. The molecule has 0 saturated carbocycles. The van der Waals surface area contributed by atoms with E-state index in [2.05, 4.69) is 31.2 Å². The van der Waals surface area contributed by atoms with Gasteiger partial charge in [-0.15, -0.1) is 10.2 Å². The van der Waals surface area contributed by atoms with Gasteiger partial charge in [-0.2, -0.15) is 5.26 Å². The predicted octanol–water partition coefficient (Wildman–Crippen LogP) is 3.26. The minimum Gasteiger partial charge on any atom is -0.444 e. The van der Waals surface area contributed by atoms with Crippen molar-refractivity contribution in [3.63, 3.8) is 0 Å². The normalized spacial score (nSPS) is 15.5. The number of nitrogens with zero attached hydrogens (tertiary/aromatic N) is 8. The first-order valence-corrected chi connectivity index (χ1v) is 10.1. The summed E-state index contributed by atoms with van der Waals surface area (Å²) in [5.74, 6) is 0.771. The van der Waals surface area contributed by atoms with Gasteiger partial charge in [0.2, 0.25) is 5.89 Å². The number of rotatable bonds is 4. The van der Waals surface area contributed by atoms with E-state index < -0.39 is 5.67 Å². The number of piperidine rings is 1. The second kappa shape index (κ2) is 7.85. The van der Waals surface area contributed by atoms with Gasteiger partial charge in [-0.05, 0) is 12.1 Å². The molecular formula is C22H19FN8O. The SMILES string of the molecule is Cn1cnnc1C1(F)CCN(c2c(C#N)ccnc2-c2cncc(-c3ncco3)c2)CC1. The van der Waals surface area contributed by atoms with Crippen molar-refractivity contribution in [1.29, 1.82) is 5.26 Å². The van der Waals surface area contributed by atoms with Gasteiger partial charge in [0.25, 0.3) is 0 Å². The van der Waals surface area contributed by atoms with Crippen LogP contribution in [-0.2, 0) is 12.7 Å². The Hall–Kier alpha value is -4.13. The first-order chi connectivity index (χ1) is 15.6. The molecule has 0 aliphatic carbocycles. The van der Waals surface area contributed by atoms with E-state index >= 15 is 4.39 Å². The first kappa shape index (κ1) is 19.8. The van der Waals surface area contributed by atoms with Gasteiger partial charge < -0.3 is 13.9 Å². The summed E-state index contributed by atoms with van der Waals surface area (Å²) in [6.07, 6.45) is 9.96. The fraction of sp³-hybridized carbons (Fsp3) is 0.273. The summed E-state index contributed by atoms with van der Waals surface area (Å²) in [6.45, 7) is 0.813. The number of aromatic nitrogens is 6. The molecular weight excluding hydrogens is 411 g/mol. The topological polar surface area (TPSA) is 110 Å². The molecule has 0 atom stereocenters. The van der Waals surface area contributed by atoms with Crippen LogP contribution in [0.4, 0.5) is 10.1 Å². The Morgan fingerprint density at radius 2 is 1.97 bits per heavy atom. The third-order valence-electron chi connectivity index (χ3n) is 5.72. The van der Waals surface area contributed by atoms with Gasteiger partial charge in [-0.25, -0.2) is 9.37 Å². The van der Waals surface area contributed by atoms with Crippen LogP contribution >= 0.6 is 0 Å². The number of nitriles is 1. The summed E-state index contributed by atoms with van der Waals surface area (Å²) < 4.78 is 22.6. The Bertz CT molecular complexity index is 1290. The quantitative estimate of drug-likeness (QED) is 0.485. The van der Waals surface area contributed by atoms with Gasteiger partial charge >= 0.3 is 0 Å². The van der Waals surface area contributed by atoms with E-state index in [1.807, 2.05) is 11.0 Å². The van der Waals surface area contributed by atoms with Crippen LogP contribution in [0.25, 0.3) is 22.7 Å². The second-order valence-corrected chi connectivity index (χ2v) is 7.68. The fourth-order valence-electron chi connectivity index (χ4n) is 4.13. The Labute approximate surface area is 183 Å². The van der Waals surface area contributed by atoms with Crippen molar-refractivity contribution in [2.24, 2.45) is 7.05 Å². The van der Waals surface area contributed by atoms with Gasteiger partial charge in [0.05, 0.1) is 28.7 Å². The highest BCUT2D eigenvalue weighted by molar-refractivity contribution is 5.81. The summed E-state index contributed by atoms with van der Waals surface area (Å²) in [6, 6.07) is 5.79. The number of hydrogen-bond acceptors (Lipinski definition) is 8. The van der Waals surface area contributed by atoms with Crippen molar-refractivity contribution in [2.75, 3.05) is 18.0 Å². The van der Waals surface area contributed by atoms with Crippen LogP contribution in [0.15, 0.2) is 53.9 Å². The molecule has 4 aromatic rings. The monoisotopic (exact) mass is 430 g/mol. The smallest absolute Gasteiger partial charge is 0.227 e. The largest absolute Gasteiger partial charge is 0.444 e. The predicted molar refractivity (Wildman–Crippen MR) is 113 cm³/mol. The van der Waals surface area contributed by atoms with Crippen LogP contribution in [0, 0.1) is 11.3 Å². The van der Waals surface area contributed by atoms with Crippen LogP contribution < -0.4 is 4.90 Å². The van der Waals surface area contributed by atoms with E-state index in [0.29, 0.717) is 47.3 Å². The van der Waals surface area contributed by atoms with E-state index in [9.17, 15) is 5.26 Å². The second-order valence-electron chi connectivity index (χ2n) is 7.68. The molecule has 0 unspecified atom stereocenters. The third kappa shape index (κ3) is 3.37. The van der Waals surface area contributed by atoms with Crippen molar-refractivity contribution in [3.8, 4) is 28.8 Å². The van der Waals surface area contributed by atoms with Crippen LogP contribution in [-0.4, -0.2) is 42.8 Å². The Kier molecular flexibility index (Phi) is 4.86. The molecule has 0 aromatic carbocycles. The van der Waals surface area contributed by atoms with Crippen molar-refractivity contribution in [2.45, 2.75) is 18.5 Å². The van der Waals surface area contributed by atoms with Crippen molar-refractivity contribution in [1.82, 2.24) is 29.7 Å². The van der Waals surface area contributed by atoms with Crippen molar-refractivity contribution >= 4 is 5.69 Å². The van der Waals surface area contributed by atoms with Gasteiger partial charge in [0, 0.05) is 57.1 Å². The third-order valence-corrected chi connectivity index (χ3v) is 5.72. The summed E-state index contributed by atoms with van der Waals surface area (Å²) in [5.41, 5.74) is 1.60. The average Bonchev–Trinajstić information content (AvgIpc) is 3.52. The maximum absolute atomic E-state index is 15.6. The van der Waals surface area contributed by atoms with E-state index in [-0.39, 0.29) is 12.8 Å². The molecule has 0 N–H and O–H groups in total. The standard InChI is InChI=1S/C22H19FN8O/c1-30-14-28-29-21(30)22(23)3-7-31(8-4-22)19-15(11-24)2-5-26-18(19)16-10-17(13-25-12-16)20-27-6-9-32-20/h2,5-6,9-10,12-14H,3-4,7-8H2,1H3. The number of pyridine rings is 2. The van der Waals surface area contributed by atoms with Gasteiger partial charge in [-0.1, -0.05) is 0 Å². The molecule has 4 aromatic heterocycles. The molecule has 5 rings (SSSR count). The first-order valence-electron chi connectivity index (χ1n) is 10.1.